The van der Waals surface area contributed by atoms with E-state index in [0.29, 0.717) is 11.3 Å². The van der Waals surface area contributed by atoms with Crippen molar-refractivity contribution >= 4 is 5.97 Å². The monoisotopic (exact) mass is 180 g/mol. The van der Waals surface area contributed by atoms with Gasteiger partial charge in [-0.05, 0) is 18.2 Å². The fourth-order valence-corrected chi connectivity index (χ4v) is 1.32. The van der Waals surface area contributed by atoms with Gasteiger partial charge >= 0.3 is 5.97 Å². The Balaban J connectivity index is 2.49. The largest absolute Gasteiger partial charge is 0.508 e. The zero-order chi connectivity index (χ0) is 9.42. The van der Waals surface area contributed by atoms with Gasteiger partial charge in [0.05, 0.1) is 12.5 Å². The molecule has 13 heavy (non-hydrogen) atoms. The van der Waals surface area contributed by atoms with Crippen molar-refractivity contribution in [1.29, 1.82) is 0 Å². The summed E-state index contributed by atoms with van der Waals surface area (Å²) in [7, 11) is 0. The fraction of sp³-hybridized carbons (Fsp3) is 0.222. The Morgan fingerprint density at radius 2 is 2.23 bits per heavy atom. The first-order valence-electron chi connectivity index (χ1n) is 3.88. The number of ether oxygens (including phenoxy) is 1. The Hall–Kier alpha value is -1.55. The smallest absolute Gasteiger partial charge is 0.314 e. The molecule has 2 N–H and O–H groups in total. The van der Waals surface area contributed by atoms with Gasteiger partial charge in [0.25, 0.3) is 0 Å². The van der Waals surface area contributed by atoms with E-state index in [0.717, 1.165) is 0 Å². The highest BCUT2D eigenvalue weighted by molar-refractivity contribution is 5.76. The molecule has 0 bridgehead atoms. The van der Waals surface area contributed by atoms with Crippen molar-refractivity contribution in [3.63, 3.8) is 0 Å². The van der Waals surface area contributed by atoms with Crippen LogP contribution in [0.4, 0.5) is 0 Å². The number of carbonyl (C=O) groups excluding carboxylic acids is 1. The second-order valence-electron chi connectivity index (χ2n) is 2.92. The third-order valence-electron chi connectivity index (χ3n) is 1.94. The van der Waals surface area contributed by atoms with E-state index in [1.165, 1.54) is 18.2 Å². The first-order chi connectivity index (χ1) is 6.16. The van der Waals surface area contributed by atoms with Crippen LogP contribution in [0, 0.1) is 0 Å². The summed E-state index contributed by atoms with van der Waals surface area (Å²) in [5.74, 6) is -0.0806. The summed E-state index contributed by atoms with van der Waals surface area (Å²) < 4.78 is 4.85. The second-order valence-corrected chi connectivity index (χ2v) is 2.92. The van der Waals surface area contributed by atoms with E-state index < -0.39 is 12.1 Å². The van der Waals surface area contributed by atoms with E-state index in [1.807, 2.05) is 0 Å². The number of benzene rings is 1. The summed E-state index contributed by atoms with van der Waals surface area (Å²) in [6.07, 6.45) is -0.931. The summed E-state index contributed by atoms with van der Waals surface area (Å²) in [5, 5.41) is 18.6. The van der Waals surface area contributed by atoms with Crippen molar-refractivity contribution < 1.29 is 19.7 Å². The molecule has 4 nitrogen and oxygen atoms in total. The molecule has 0 aliphatic carbocycles. The van der Waals surface area contributed by atoms with Crippen LogP contribution in [0.15, 0.2) is 18.2 Å². The lowest BCUT2D eigenvalue weighted by Gasteiger charge is -2.20. The van der Waals surface area contributed by atoms with Gasteiger partial charge in [-0.3, -0.25) is 4.79 Å². The van der Waals surface area contributed by atoms with Crippen LogP contribution < -0.4 is 4.74 Å². The summed E-state index contributed by atoms with van der Waals surface area (Å²) in [4.78, 5) is 10.9. The zero-order valence-electron chi connectivity index (χ0n) is 6.73. The van der Waals surface area contributed by atoms with E-state index in [4.69, 9.17) is 9.84 Å². The molecule has 1 aromatic rings. The lowest BCUT2D eigenvalue weighted by Crippen LogP contribution is -2.19. The third kappa shape index (κ3) is 1.36. The highest BCUT2D eigenvalue weighted by Gasteiger charge is 2.25. The number of carbonyl (C=O) groups is 1. The molecule has 0 radical (unpaired) electrons. The molecule has 0 saturated heterocycles. The first-order valence-corrected chi connectivity index (χ1v) is 3.88. The molecule has 0 fully saturated rings. The lowest BCUT2D eigenvalue weighted by atomic mass is 10.0. The summed E-state index contributed by atoms with van der Waals surface area (Å²) >= 11 is 0. The highest BCUT2D eigenvalue weighted by atomic mass is 16.5. The minimum atomic E-state index is -0.872. The Morgan fingerprint density at radius 3 is 3.00 bits per heavy atom. The zero-order valence-corrected chi connectivity index (χ0v) is 6.73. The van der Waals surface area contributed by atoms with Crippen LogP contribution in [0.1, 0.15) is 18.1 Å². The maximum absolute atomic E-state index is 10.9. The maximum Gasteiger partial charge on any atom is 0.314 e. The SMILES string of the molecule is O=C1CC(O)c2cc(O)ccc2O1. The van der Waals surface area contributed by atoms with Gasteiger partial charge in [-0.15, -0.1) is 0 Å². The van der Waals surface area contributed by atoms with Crippen molar-refractivity contribution in [3.8, 4) is 11.5 Å². The molecule has 4 heteroatoms. The van der Waals surface area contributed by atoms with E-state index in [9.17, 15) is 9.90 Å². The number of aromatic hydroxyl groups is 1. The fourth-order valence-electron chi connectivity index (χ4n) is 1.32. The normalized spacial score (nSPS) is 20.7. The van der Waals surface area contributed by atoms with E-state index in [1.54, 1.807) is 0 Å². The number of esters is 1. The molecule has 0 amide bonds. The number of phenols is 1. The second kappa shape index (κ2) is 2.74. The Morgan fingerprint density at radius 1 is 1.46 bits per heavy atom. The first kappa shape index (κ1) is 8.07. The van der Waals surface area contributed by atoms with Gasteiger partial charge in [0.1, 0.15) is 11.5 Å². The predicted octanol–water partition coefficient (Wildman–Crippen LogP) is 0.735. The minimum absolute atomic E-state index is 0.0516. The van der Waals surface area contributed by atoms with Gasteiger partial charge in [-0.1, -0.05) is 0 Å². The topological polar surface area (TPSA) is 66.8 Å². The van der Waals surface area contributed by atoms with Gasteiger partial charge in [-0.25, -0.2) is 0 Å². The van der Waals surface area contributed by atoms with E-state index >= 15 is 0 Å². The number of fused-ring (bicyclic) bond motifs is 1. The van der Waals surface area contributed by atoms with Crippen LogP contribution in [0.25, 0.3) is 0 Å². The van der Waals surface area contributed by atoms with Crippen LogP contribution >= 0.6 is 0 Å². The molecule has 1 aliphatic heterocycles. The average Bonchev–Trinajstić information content (AvgIpc) is 2.06. The molecule has 1 unspecified atom stereocenters. The quantitative estimate of drug-likeness (QED) is 0.456. The van der Waals surface area contributed by atoms with Crippen LogP contribution in [-0.2, 0) is 4.79 Å². The molecule has 68 valence electrons. The maximum atomic E-state index is 10.9. The molecule has 1 heterocycles. The molecule has 0 saturated carbocycles. The average molecular weight is 180 g/mol. The van der Waals surface area contributed by atoms with Gasteiger partial charge < -0.3 is 14.9 Å². The van der Waals surface area contributed by atoms with Crippen molar-refractivity contribution in [2.75, 3.05) is 0 Å². The molecule has 1 aromatic carbocycles. The highest BCUT2D eigenvalue weighted by Crippen LogP contribution is 2.34. The van der Waals surface area contributed by atoms with E-state index in [-0.39, 0.29) is 12.2 Å². The molecule has 0 aromatic heterocycles. The number of aliphatic hydroxyl groups is 1. The number of hydrogen-bond donors (Lipinski definition) is 2. The van der Waals surface area contributed by atoms with Gasteiger partial charge in [0.15, 0.2) is 0 Å². The summed E-state index contributed by atoms with van der Waals surface area (Å²) in [6.45, 7) is 0. The molecule has 2 rings (SSSR count). The molecular formula is C9H8O4. The molecule has 0 spiro atoms. The molecule has 1 aliphatic rings. The van der Waals surface area contributed by atoms with Crippen LogP contribution in [-0.4, -0.2) is 16.2 Å². The van der Waals surface area contributed by atoms with Gasteiger partial charge in [0, 0.05) is 5.56 Å². The van der Waals surface area contributed by atoms with Crippen molar-refractivity contribution in [2.45, 2.75) is 12.5 Å². The van der Waals surface area contributed by atoms with Crippen LogP contribution in [0.2, 0.25) is 0 Å². The Kier molecular flexibility index (Phi) is 1.70. The Bertz CT molecular complexity index is 359. The van der Waals surface area contributed by atoms with Crippen molar-refractivity contribution in [1.82, 2.24) is 0 Å². The van der Waals surface area contributed by atoms with Gasteiger partial charge in [0.2, 0.25) is 0 Å². The van der Waals surface area contributed by atoms with Crippen molar-refractivity contribution in [2.24, 2.45) is 0 Å². The van der Waals surface area contributed by atoms with E-state index in [2.05, 4.69) is 0 Å². The lowest BCUT2D eigenvalue weighted by molar-refractivity contribution is -0.138. The predicted molar refractivity (Wildman–Crippen MR) is 43.3 cm³/mol. The number of phenolic OH excluding ortho intramolecular Hbond substituents is 1. The Labute approximate surface area is 74.4 Å². The van der Waals surface area contributed by atoms with Crippen LogP contribution in [0.5, 0.6) is 11.5 Å². The number of aliphatic hydroxyl groups excluding tert-OH is 1. The number of rotatable bonds is 0. The summed E-state index contributed by atoms with van der Waals surface area (Å²) in [6, 6.07) is 4.27. The summed E-state index contributed by atoms with van der Waals surface area (Å²) in [5.41, 5.74) is 0.458. The molecular weight excluding hydrogens is 172 g/mol. The molecule has 1 atom stereocenters. The van der Waals surface area contributed by atoms with Crippen molar-refractivity contribution in [3.05, 3.63) is 23.8 Å². The third-order valence-corrected chi connectivity index (χ3v) is 1.94. The van der Waals surface area contributed by atoms with Crippen LogP contribution in [0.3, 0.4) is 0 Å². The minimum Gasteiger partial charge on any atom is -0.508 e. The van der Waals surface area contributed by atoms with Gasteiger partial charge in [-0.2, -0.15) is 0 Å². The number of hydrogen-bond acceptors (Lipinski definition) is 4. The standard InChI is InChI=1S/C9H8O4/c10-5-1-2-8-6(3-5)7(11)4-9(12)13-8/h1-3,7,10-11H,4H2.